The minimum atomic E-state index is -2.71. The zero-order valence-corrected chi connectivity index (χ0v) is 49.8. The second-order valence-corrected chi connectivity index (χ2v) is 25.8. The number of anilines is 2. The molecule has 7 aromatic rings. The number of benzene rings is 5. The highest BCUT2D eigenvalue weighted by atomic mass is 28.4. The Morgan fingerprint density at radius 1 is 0.735 bits per heavy atom. The highest BCUT2D eigenvalue weighted by molar-refractivity contribution is 6.74. The van der Waals surface area contributed by atoms with Crippen LogP contribution >= 0.6 is 0 Å². The quantitative estimate of drug-likeness (QED) is 0.0160. The third-order valence-electron chi connectivity index (χ3n) is 14.9. The molecule has 8 rings (SSSR count). The topological polar surface area (TPSA) is 185 Å². The van der Waals surface area contributed by atoms with Gasteiger partial charge in [0.2, 0.25) is 0 Å². The molecule has 5 aromatic carbocycles. The number of methoxy groups -OCH3 is 5. The maximum atomic E-state index is 15.3. The molecule has 2 aromatic heterocycles. The Morgan fingerprint density at radius 2 is 1.37 bits per heavy atom. The van der Waals surface area contributed by atoms with Gasteiger partial charge in [-0.15, -0.1) is 13.2 Å². The number of carbonyl (C=O) groups excluding carboxylic acids is 2. The third-order valence-corrected chi connectivity index (χ3v) is 19.4. The number of hydrogen-bond acceptors (Lipinski definition) is 16. The van der Waals surface area contributed by atoms with Crippen LogP contribution in [0.15, 0.2) is 165 Å². The molecule has 436 valence electrons. The number of nitrogens with one attached hydrogen (secondary N) is 1. The van der Waals surface area contributed by atoms with Crippen LogP contribution in [0.2, 0.25) is 18.1 Å². The van der Waals surface area contributed by atoms with Crippen molar-refractivity contribution in [2.24, 2.45) is 0 Å². The fraction of sp³-hybridized carbons (Fsp3) is 0.328. The van der Waals surface area contributed by atoms with E-state index >= 15 is 9.59 Å². The van der Waals surface area contributed by atoms with E-state index < -0.39 is 50.1 Å². The fourth-order valence-electron chi connectivity index (χ4n) is 9.88. The number of allylic oxidation sites excluding steroid dienone is 1. The van der Waals surface area contributed by atoms with Gasteiger partial charge in [0.1, 0.15) is 35.6 Å². The predicted octanol–water partition coefficient (Wildman–Crippen LogP) is 11.2. The Morgan fingerprint density at radius 3 is 1.94 bits per heavy atom. The van der Waals surface area contributed by atoms with Gasteiger partial charge >= 0.3 is 0 Å². The number of hydrogen-bond donors (Lipinski definition) is 1. The third kappa shape index (κ3) is 13.1. The summed E-state index contributed by atoms with van der Waals surface area (Å²) >= 11 is 0. The van der Waals surface area contributed by atoms with Crippen LogP contribution in [0.5, 0.6) is 28.7 Å². The largest absolute Gasteiger partial charge is 0.497 e. The first-order valence-electron chi connectivity index (χ1n) is 27.1. The lowest BCUT2D eigenvalue weighted by Gasteiger charge is -2.40. The second-order valence-electron chi connectivity index (χ2n) is 21.1. The summed E-state index contributed by atoms with van der Waals surface area (Å²) in [5.74, 6) is 1.01. The van der Waals surface area contributed by atoms with E-state index in [1.54, 1.807) is 54.4 Å². The van der Waals surface area contributed by atoms with Crippen LogP contribution in [0.3, 0.4) is 0 Å². The van der Waals surface area contributed by atoms with Gasteiger partial charge in [-0.2, -0.15) is 0 Å². The monoisotopic (exact) mass is 1150 g/mol. The summed E-state index contributed by atoms with van der Waals surface area (Å²) in [4.78, 5) is 46.5. The number of carbonyl (C=O) groups is 2. The molecule has 83 heavy (non-hydrogen) atoms. The SMILES string of the molecule is C=CCO[C@H]1[C@@H](O[Si](C)(C)C(C)(C)C)[C@H](n2cnc3c(NC(c4ccccc4)(c4ccccc4)c4ccccc4)ncnc32)O[C@@H]1C(=O)/C=C/C(=O)N(Cc1ccc(OC)cc1OC)c1cc(OCOC)c(OC)c(CC=C)c1OCOC. The standard InChI is InChI=1S/C64H74N6O12Si/c1-13-24-48-55(80-42-74-7)49(37-52(56(48)77-10)79-41-73-6)69(38-43-31-32-47(75-8)36-51(43)76-9)53(72)34-33-50(71)57-58(78-35-14-2)59(82-83(11,12)63(3,4)5)62(81-57)70-40-67-54-60(65-39-66-61(54)70)68-64(44-25-18-15-19-26-44,45-27-20-16-21-28-45)46-29-22-17-23-30-46/h13-23,25-34,36-37,39-40,57-59,62H,1-2,24,35,38,41-42H2,3-12H3,(H,65,66,68)/b34-33+/t57-,58-,59-,62-/m1/s1. The molecule has 1 amide bonds. The number of fused-ring (bicyclic) bond motifs is 1. The van der Waals surface area contributed by atoms with E-state index in [0.717, 1.165) is 16.7 Å². The highest BCUT2D eigenvalue weighted by Crippen LogP contribution is 2.48. The molecule has 1 saturated heterocycles. The Kier molecular flexibility index (Phi) is 20.0. The van der Waals surface area contributed by atoms with Crippen LogP contribution in [0.4, 0.5) is 11.5 Å². The van der Waals surface area contributed by atoms with Crippen molar-refractivity contribution in [3.05, 3.63) is 193 Å². The van der Waals surface area contributed by atoms with Crippen molar-refractivity contribution in [2.45, 2.75) is 81.9 Å². The normalized spacial score (nSPS) is 16.4. The van der Waals surface area contributed by atoms with Crippen LogP contribution < -0.4 is 33.9 Å². The zero-order valence-electron chi connectivity index (χ0n) is 48.8. The summed E-state index contributed by atoms with van der Waals surface area (Å²) in [6.07, 6.45) is 4.72. The molecular weight excluding hydrogens is 1070 g/mol. The molecule has 19 heteroatoms. The molecular formula is C64H74N6O12Si. The minimum absolute atomic E-state index is 0.0473. The smallest absolute Gasteiger partial charge is 0.251 e. The molecule has 1 N–H and O–H groups in total. The van der Waals surface area contributed by atoms with Crippen LogP contribution in [-0.2, 0) is 51.5 Å². The summed E-state index contributed by atoms with van der Waals surface area (Å²) in [5.41, 5.74) is 4.12. The van der Waals surface area contributed by atoms with Gasteiger partial charge in [-0.05, 0) is 59.5 Å². The average molecular weight is 1150 g/mol. The maximum absolute atomic E-state index is 15.3. The van der Waals surface area contributed by atoms with Gasteiger partial charge in [0, 0.05) is 43.6 Å². The number of rotatable bonds is 28. The van der Waals surface area contributed by atoms with E-state index in [-0.39, 0.29) is 55.4 Å². The van der Waals surface area contributed by atoms with E-state index in [1.165, 1.54) is 51.8 Å². The molecule has 3 heterocycles. The van der Waals surface area contributed by atoms with Gasteiger partial charge < -0.3 is 57.3 Å². The van der Waals surface area contributed by atoms with Crippen LogP contribution in [0.1, 0.15) is 54.8 Å². The Bertz CT molecular complexity index is 3280. The fourth-order valence-corrected chi connectivity index (χ4v) is 11.2. The molecule has 1 aliphatic heterocycles. The van der Waals surface area contributed by atoms with Crippen molar-refractivity contribution in [1.82, 2.24) is 19.5 Å². The molecule has 18 nitrogen and oxygen atoms in total. The van der Waals surface area contributed by atoms with Crippen molar-refractivity contribution in [1.29, 1.82) is 0 Å². The van der Waals surface area contributed by atoms with Crippen molar-refractivity contribution in [3.63, 3.8) is 0 Å². The first kappa shape index (κ1) is 60.9. The maximum Gasteiger partial charge on any atom is 0.251 e. The van der Waals surface area contributed by atoms with E-state index in [9.17, 15) is 0 Å². The van der Waals surface area contributed by atoms with Gasteiger partial charge in [0.15, 0.2) is 74.2 Å². The van der Waals surface area contributed by atoms with Crippen LogP contribution in [-0.4, -0.2) is 114 Å². The van der Waals surface area contributed by atoms with Gasteiger partial charge in [-0.3, -0.25) is 14.2 Å². The zero-order chi connectivity index (χ0) is 59.3. The molecule has 4 atom stereocenters. The van der Waals surface area contributed by atoms with Crippen LogP contribution in [0, 0.1) is 0 Å². The van der Waals surface area contributed by atoms with E-state index in [4.69, 9.17) is 62.0 Å². The predicted molar refractivity (Wildman–Crippen MR) is 321 cm³/mol. The molecule has 0 spiro atoms. The lowest BCUT2D eigenvalue weighted by molar-refractivity contribution is -0.132. The Labute approximate surface area is 486 Å². The van der Waals surface area contributed by atoms with Gasteiger partial charge in [-0.25, -0.2) is 15.0 Å². The first-order chi connectivity index (χ1) is 40.1. The summed E-state index contributed by atoms with van der Waals surface area (Å²) < 4.78 is 62.8. The summed E-state index contributed by atoms with van der Waals surface area (Å²) in [6.45, 7) is 18.2. The van der Waals surface area contributed by atoms with E-state index in [0.29, 0.717) is 45.4 Å². The number of amides is 1. The number of imidazole rings is 1. The molecule has 1 aliphatic rings. The molecule has 0 radical (unpaired) electrons. The van der Waals surface area contributed by atoms with Crippen molar-refractivity contribution >= 4 is 42.7 Å². The molecule has 0 bridgehead atoms. The Balaban J connectivity index is 1.24. The Hall–Kier alpha value is -8.17. The van der Waals surface area contributed by atoms with Crippen molar-refractivity contribution in [2.75, 3.05) is 66.0 Å². The molecule has 0 aliphatic carbocycles. The van der Waals surface area contributed by atoms with E-state index in [1.807, 2.05) is 54.6 Å². The molecule has 0 unspecified atom stereocenters. The van der Waals surface area contributed by atoms with Gasteiger partial charge in [0.25, 0.3) is 5.91 Å². The molecule has 0 saturated carbocycles. The summed E-state index contributed by atoms with van der Waals surface area (Å²) in [5, 5.41) is 3.57. The van der Waals surface area contributed by atoms with Gasteiger partial charge in [0.05, 0.1) is 46.5 Å². The van der Waals surface area contributed by atoms with Crippen molar-refractivity contribution < 1.29 is 56.6 Å². The summed E-state index contributed by atoms with van der Waals surface area (Å²) in [6, 6.07) is 37.4. The summed E-state index contributed by atoms with van der Waals surface area (Å²) in [7, 11) is 4.83. The number of ketones is 1. The van der Waals surface area contributed by atoms with Crippen molar-refractivity contribution in [3.8, 4) is 28.7 Å². The number of ether oxygens (including phenoxy) is 9. The van der Waals surface area contributed by atoms with Gasteiger partial charge in [-0.1, -0.05) is 124 Å². The first-order valence-corrected chi connectivity index (χ1v) is 30.0. The number of nitrogens with zero attached hydrogens (tertiary/aromatic N) is 5. The van der Waals surface area contributed by atoms with Crippen LogP contribution in [0.25, 0.3) is 11.2 Å². The molecule has 1 fully saturated rings. The lowest BCUT2D eigenvalue weighted by Crippen LogP contribution is -2.49. The average Bonchev–Trinajstić information content (AvgIpc) is 2.83. The van der Waals surface area contributed by atoms with E-state index in [2.05, 4.69) is 88.7 Å². The second kappa shape index (κ2) is 27.3. The highest BCUT2D eigenvalue weighted by Gasteiger charge is 2.54. The number of aromatic nitrogens is 4. The minimum Gasteiger partial charge on any atom is -0.497 e. The lowest BCUT2D eigenvalue weighted by atomic mass is 9.77.